The van der Waals surface area contributed by atoms with Crippen LogP contribution in [0.5, 0.6) is 0 Å². The quantitative estimate of drug-likeness (QED) is 0.615. The predicted octanol–water partition coefficient (Wildman–Crippen LogP) is 0.451. The van der Waals surface area contributed by atoms with E-state index in [-0.39, 0.29) is 5.25 Å². The summed E-state index contributed by atoms with van der Waals surface area (Å²) in [6.45, 7) is 0. The summed E-state index contributed by atoms with van der Waals surface area (Å²) in [5.74, 6) is -1.14. The predicted molar refractivity (Wildman–Crippen MR) is 38.8 cm³/mol. The van der Waals surface area contributed by atoms with Gasteiger partial charge in [-0.05, 0) is 11.8 Å². The first-order chi connectivity index (χ1) is 4.72. The molecule has 1 aliphatic rings. The van der Waals surface area contributed by atoms with Crippen LogP contribution in [0.4, 0.5) is 0 Å². The van der Waals surface area contributed by atoms with Crippen LogP contribution in [0.1, 0.15) is 6.42 Å². The molecule has 2 N–H and O–H groups in total. The molecule has 3 nitrogen and oxygen atoms in total. The van der Waals surface area contributed by atoms with Crippen LogP contribution in [0.3, 0.4) is 0 Å². The highest BCUT2D eigenvalue weighted by atomic mass is 32.2. The van der Waals surface area contributed by atoms with Crippen LogP contribution in [0.15, 0.2) is 11.5 Å². The van der Waals surface area contributed by atoms with Gasteiger partial charge in [-0.15, -0.1) is 11.8 Å². The topological polar surface area (TPSA) is 57.5 Å². The third kappa shape index (κ3) is 1.52. The van der Waals surface area contributed by atoms with Gasteiger partial charge in [0.15, 0.2) is 6.10 Å². The van der Waals surface area contributed by atoms with Crippen molar-refractivity contribution >= 4 is 17.7 Å². The Kier molecular flexibility index (Phi) is 2.34. The zero-order valence-corrected chi connectivity index (χ0v) is 6.04. The van der Waals surface area contributed by atoms with Crippen LogP contribution < -0.4 is 0 Å². The lowest BCUT2D eigenvalue weighted by atomic mass is 10.2. The molecule has 0 fully saturated rings. The van der Waals surface area contributed by atoms with Crippen molar-refractivity contribution in [3.63, 3.8) is 0 Å². The molecule has 0 aromatic rings. The molecular formula is C6H8O3S. The number of aliphatic hydroxyl groups is 1. The molecule has 2 unspecified atom stereocenters. The number of hydrogen-bond acceptors (Lipinski definition) is 3. The van der Waals surface area contributed by atoms with E-state index in [0.29, 0.717) is 6.42 Å². The van der Waals surface area contributed by atoms with E-state index >= 15 is 0 Å². The molecule has 10 heavy (non-hydrogen) atoms. The maximum Gasteiger partial charge on any atom is 0.333 e. The Morgan fingerprint density at radius 2 is 2.50 bits per heavy atom. The second-order valence-corrected chi connectivity index (χ2v) is 3.21. The zero-order valence-electron chi connectivity index (χ0n) is 5.23. The van der Waals surface area contributed by atoms with Crippen LogP contribution >= 0.6 is 11.8 Å². The van der Waals surface area contributed by atoms with Gasteiger partial charge in [0.2, 0.25) is 0 Å². The van der Waals surface area contributed by atoms with Gasteiger partial charge in [0.1, 0.15) is 0 Å². The van der Waals surface area contributed by atoms with Crippen molar-refractivity contribution in [3.05, 3.63) is 11.5 Å². The number of rotatable bonds is 2. The van der Waals surface area contributed by atoms with Crippen molar-refractivity contribution in [1.29, 1.82) is 0 Å². The number of allylic oxidation sites excluding steroid dienone is 1. The van der Waals surface area contributed by atoms with E-state index < -0.39 is 12.1 Å². The van der Waals surface area contributed by atoms with Gasteiger partial charge in [-0.1, -0.05) is 6.08 Å². The average Bonchev–Trinajstić information content (AvgIpc) is 2.36. The molecule has 4 heteroatoms. The minimum atomic E-state index is -1.22. The standard InChI is InChI=1S/C6H8O3S/c7-5(6(8)9)4-2-1-3-10-4/h1,3-5,7H,2H2,(H,8,9). The first-order valence-electron chi connectivity index (χ1n) is 2.93. The molecule has 0 amide bonds. The number of hydrogen-bond donors (Lipinski definition) is 2. The molecule has 0 saturated carbocycles. The third-order valence-corrected chi connectivity index (χ3v) is 2.47. The minimum absolute atomic E-state index is 0.183. The summed E-state index contributed by atoms with van der Waals surface area (Å²) < 4.78 is 0. The Morgan fingerprint density at radius 3 is 2.90 bits per heavy atom. The van der Waals surface area contributed by atoms with Crippen molar-refractivity contribution in [1.82, 2.24) is 0 Å². The van der Waals surface area contributed by atoms with Gasteiger partial charge in [0.25, 0.3) is 0 Å². The minimum Gasteiger partial charge on any atom is -0.479 e. The SMILES string of the molecule is O=C(O)C(O)C1CC=CS1. The highest BCUT2D eigenvalue weighted by Crippen LogP contribution is 2.26. The van der Waals surface area contributed by atoms with Crippen LogP contribution in [-0.4, -0.2) is 27.5 Å². The largest absolute Gasteiger partial charge is 0.479 e. The number of carboxylic acid groups (broad SMARTS) is 1. The third-order valence-electron chi connectivity index (χ3n) is 1.32. The lowest BCUT2D eigenvalue weighted by Crippen LogP contribution is -2.29. The smallest absolute Gasteiger partial charge is 0.333 e. The molecule has 0 radical (unpaired) electrons. The lowest BCUT2D eigenvalue weighted by molar-refractivity contribution is -0.146. The Balaban J connectivity index is 2.42. The first kappa shape index (κ1) is 7.63. The monoisotopic (exact) mass is 160 g/mol. The van der Waals surface area contributed by atoms with E-state index in [1.165, 1.54) is 11.8 Å². The van der Waals surface area contributed by atoms with Crippen molar-refractivity contribution in [3.8, 4) is 0 Å². The molecule has 0 aromatic carbocycles. The molecule has 0 bridgehead atoms. The fraction of sp³-hybridized carbons (Fsp3) is 0.500. The molecule has 1 heterocycles. The van der Waals surface area contributed by atoms with Gasteiger partial charge in [0, 0.05) is 5.25 Å². The highest BCUT2D eigenvalue weighted by Gasteiger charge is 2.26. The van der Waals surface area contributed by atoms with Crippen molar-refractivity contribution in [2.45, 2.75) is 17.8 Å². The number of thioether (sulfide) groups is 1. The van der Waals surface area contributed by atoms with Crippen LogP contribution in [0.2, 0.25) is 0 Å². The zero-order chi connectivity index (χ0) is 7.56. The van der Waals surface area contributed by atoms with E-state index in [4.69, 9.17) is 10.2 Å². The van der Waals surface area contributed by atoms with Gasteiger partial charge in [-0.2, -0.15) is 0 Å². The summed E-state index contributed by atoms with van der Waals surface area (Å²) >= 11 is 1.37. The van der Waals surface area contributed by atoms with Crippen molar-refractivity contribution < 1.29 is 15.0 Å². The Labute approximate surface area is 62.7 Å². The van der Waals surface area contributed by atoms with E-state index in [1.54, 1.807) is 0 Å². The summed E-state index contributed by atoms with van der Waals surface area (Å²) in [7, 11) is 0. The summed E-state index contributed by atoms with van der Waals surface area (Å²) in [6.07, 6.45) is 1.29. The molecule has 2 atom stereocenters. The van der Waals surface area contributed by atoms with Crippen LogP contribution in [0, 0.1) is 0 Å². The van der Waals surface area contributed by atoms with E-state index in [0.717, 1.165) is 0 Å². The van der Waals surface area contributed by atoms with Gasteiger partial charge in [-0.3, -0.25) is 0 Å². The van der Waals surface area contributed by atoms with Gasteiger partial charge in [-0.25, -0.2) is 4.79 Å². The molecule has 0 aromatic heterocycles. The van der Waals surface area contributed by atoms with E-state index in [9.17, 15) is 4.79 Å². The highest BCUT2D eigenvalue weighted by molar-refractivity contribution is 8.03. The summed E-state index contributed by atoms with van der Waals surface area (Å²) in [5, 5.41) is 19.0. The molecule has 0 aliphatic carbocycles. The maximum absolute atomic E-state index is 10.2. The van der Waals surface area contributed by atoms with Gasteiger partial charge >= 0.3 is 5.97 Å². The average molecular weight is 160 g/mol. The molecular weight excluding hydrogens is 152 g/mol. The molecule has 0 saturated heterocycles. The molecule has 0 spiro atoms. The van der Waals surface area contributed by atoms with Crippen LogP contribution in [0.25, 0.3) is 0 Å². The summed E-state index contributed by atoms with van der Waals surface area (Å²) in [5.41, 5.74) is 0. The molecule has 1 rings (SSSR count). The fourth-order valence-electron chi connectivity index (χ4n) is 0.764. The van der Waals surface area contributed by atoms with Gasteiger partial charge < -0.3 is 10.2 Å². The summed E-state index contributed by atoms with van der Waals surface area (Å²) in [6, 6.07) is 0. The second-order valence-electron chi connectivity index (χ2n) is 2.07. The van der Waals surface area contributed by atoms with Crippen molar-refractivity contribution in [2.24, 2.45) is 0 Å². The van der Waals surface area contributed by atoms with E-state index in [1.807, 2.05) is 11.5 Å². The normalized spacial score (nSPS) is 26.7. The Morgan fingerprint density at radius 1 is 1.80 bits per heavy atom. The van der Waals surface area contributed by atoms with E-state index in [2.05, 4.69) is 0 Å². The molecule has 56 valence electrons. The summed E-state index contributed by atoms with van der Waals surface area (Å²) in [4.78, 5) is 10.2. The maximum atomic E-state index is 10.2. The number of aliphatic hydroxyl groups excluding tert-OH is 1. The fourth-order valence-corrected chi connectivity index (χ4v) is 1.68. The number of carbonyl (C=O) groups is 1. The number of aliphatic carboxylic acids is 1. The lowest BCUT2D eigenvalue weighted by Gasteiger charge is -2.10. The molecule has 1 aliphatic heterocycles. The number of carboxylic acids is 1. The Bertz CT molecular complexity index is 158. The second kappa shape index (κ2) is 3.07. The van der Waals surface area contributed by atoms with Gasteiger partial charge in [0.05, 0.1) is 0 Å². The Hall–Kier alpha value is -0.480. The van der Waals surface area contributed by atoms with Crippen molar-refractivity contribution in [2.75, 3.05) is 0 Å². The first-order valence-corrected chi connectivity index (χ1v) is 3.87. The van der Waals surface area contributed by atoms with Crippen LogP contribution in [-0.2, 0) is 4.79 Å².